The molecule has 0 aliphatic carbocycles. The van der Waals surface area contributed by atoms with Crippen molar-refractivity contribution in [3.63, 3.8) is 0 Å². The molecule has 1 N–H and O–H groups in total. The van der Waals surface area contributed by atoms with E-state index in [1.807, 2.05) is 37.6 Å². The van der Waals surface area contributed by atoms with Crippen LogP contribution in [0.15, 0.2) is 36.7 Å². The van der Waals surface area contributed by atoms with Crippen LogP contribution in [0.4, 0.5) is 0 Å². The quantitative estimate of drug-likeness (QED) is 0.803. The zero-order valence-electron chi connectivity index (χ0n) is 13.4. The lowest BCUT2D eigenvalue weighted by molar-refractivity contribution is 0.0948. The maximum Gasteiger partial charge on any atom is 0.251 e. The number of carbonyl (C=O) groups excluding carboxylic acids is 1. The first kappa shape index (κ1) is 15.1. The van der Waals surface area contributed by atoms with E-state index in [1.54, 1.807) is 24.5 Å². The lowest BCUT2D eigenvalue weighted by Crippen LogP contribution is -2.30. The molecule has 2 heterocycles. The van der Waals surface area contributed by atoms with Crippen LogP contribution in [0.1, 0.15) is 34.7 Å². The highest BCUT2D eigenvalue weighted by Crippen LogP contribution is 2.12. The Morgan fingerprint density at radius 2 is 1.91 bits per heavy atom. The summed E-state index contributed by atoms with van der Waals surface area (Å²) < 4.78 is 1.93. The number of aromatic nitrogens is 4. The molecule has 118 valence electrons. The van der Waals surface area contributed by atoms with Crippen molar-refractivity contribution in [1.82, 2.24) is 25.1 Å². The lowest BCUT2D eigenvalue weighted by Gasteiger charge is -2.15. The molecule has 6 heteroatoms. The van der Waals surface area contributed by atoms with Crippen molar-refractivity contribution in [1.29, 1.82) is 0 Å². The van der Waals surface area contributed by atoms with Crippen molar-refractivity contribution in [2.24, 2.45) is 0 Å². The molecule has 0 spiro atoms. The molecule has 0 saturated carbocycles. The van der Waals surface area contributed by atoms with E-state index >= 15 is 0 Å². The molecule has 0 fully saturated rings. The van der Waals surface area contributed by atoms with Gasteiger partial charge in [-0.25, -0.2) is 0 Å². The van der Waals surface area contributed by atoms with Gasteiger partial charge in [0.2, 0.25) is 0 Å². The highest BCUT2D eigenvalue weighted by atomic mass is 16.1. The molecule has 23 heavy (non-hydrogen) atoms. The Morgan fingerprint density at radius 3 is 2.61 bits per heavy atom. The summed E-state index contributed by atoms with van der Waals surface area (Å²) in [6, 6.07) is 7.45. The number of nitrogens with one attached hydrogen (secondary N) is 1. The second-order valence-corrected chi connectivity index (χ2v) is 5.69. The lowest BCUT2D eigenvalue weighted by atomic mass is 10.1. The molecule has 6 nitrogen and oxygen atoms in total. The molecule has 1 amide bonds. The van der Waals surface area contributed by atoms with Crippen LogP contribution in [-0.2, 0) is 0 Å². The van der Waals surface area contributed by atoms with Gasteiger partial charge in [0, 0.05) is 30.2 Å². The number of amides is 1. The monoisotopic (exact) mass is 309 g/mol. The molecule has 1 aromatic carbocycles. The van der Waals surface area contributed by atoms with E-state index in [1.165, 1.54) is 0 Å². The van der Waals surface area contributed by atoms with Gasteiger partial charge in [0.1, 0.15) is 0 Å². The number of hydrogen-bond acceptors (Lipinski definition) is 4. The Kier molecular flexibility index (Phi) is 4.06. The summed E-state index contributed by atoms with van der Waals surface area (Å²) >= 11 is 0. The Hall–Kier alpha value is -2.76. The number of carbonyl (C=O) groups is 1. The van der Waals surface area contributed by atoms with Gasteiger partial charge in [-0.05, 0) is 45.0 Å². The summed E-state index contributed by atoms with van der Waals surface area (Å²) in [4.78, 5) is 20.8. The highest BCUT2D eigenvalue weighted by Gasteiger charge is 2.12. The maximum atomic E-state index is 12.3. The number of nitrogens with zero attached hydrogens (tertiary/aromatic N) is 4. The van der Waals surface area contributed by atoms with Gasteiger partial charge >= 0.3 is 0 Å². The normalized spacial score (nSPS) is 12.3. The molecule has 1 atom stereocenters. The standard InChI is InChI=1S/C17H19N5O/c1-11-8-12(2)22(21-11)13(3)10-20-17(23)14-4-5-15-16(9-14)19-7-6-18-15/h4-9,13H,10H2,1-3H3,(H,20,23)/t13-/m0/s1. The van der Waals surface area contributed by atoms with Crippen molar-refractivity contribution in [3.8, 4) is 0 Å². The minimum absolute atomic E-state index is 0.0906. The van der Waals surface area contributed by atoms with Gasteiger partial charge in [-0.2, -0.15) is 5.10 Å². The molecule has 3 aromatic rings. The van der Waals surface area contributed by atoms with Gasteiger partial charge in [0.15, 0.2) is 0 Å². The first-order valence-corrected chi connectivity index (χ1v) is 7.56. The van der Waals surface area contributed by atoms with Crippen LogP contribution < -0.4 is 5.32 Å². The molecule has 2 aromatic heterocycles. The van der Waals surface area contributed by atoms with Gasteiger partial charge < -0.3 is 5.32 Å². The Bertz CT molecular complexity index is 855. The highest BCUT2D eigenvalue weighted by molar-refractivity contribution is 5.97. The second kappa shape index (κ2) is 6.16. The van der Waals surface area contributed by atoms with Crippen LogP contribution in [0.2, 0.25) is 0 Å². The summed E-state index contributed by atoms with van der Waals surface area (Å²) in [5.74, 6) is -0.120. The molecule has 0 aliphatic heterocycles. The Balaban J connectivity index is 1.69. The predicted molar refractivity (Wildman–Crippen MR) is 88.3 cm³/mol. The summed E-state index contributed by atoms with van der Waals surface area (Å²) in [7, 11) is 0. The number of rotatable bonds is 4. The van der Waals surface area contributed by atoms with E-state index in [0.29, 0.717) is 17.6 Å². The zero-order valence-corrected chi connectivity index (χ0v) is 13.4. The Labute approximate surface area is 134 Å². The van der Waals surface area contributed by atoms with Crippen molar-refractivity contribution in [2.45, 2.75) is 26.8 Å². The third kappa shape index (κ3) is 3.21. The zero-order chi connectivity index (χ0) is 16.4. The third-order valence-corrected chi connectivity index (χ3v) is 3.75. The number of benzene rings is 1. The topological polar surface area (TPSA) is 72.7 Å². The van der Waals surface area contributed by atoms with E-state index < -0.39 is 0 Å². The van der Waals surface area contributed by atoms with E-state index in [2.05, 4.69) is 20.4 Å². The number of fused-ring (bicyclic) bond motifs is 1. The summed E-state index contributed by atoms with van der Waals surface area (Å²) in [6.07, 6.45) is 3.26. The van der Waals surface area contributed by atoms with Crippen LogP contribution in [0.5, 0.6) is 0 Å². The fourth-order valence-corrected chi connectivity index (χ4v) is 2.63. The second-order valence-electron chi connectivity index (χ2n) is 5.69. The molecule has 0 radical (unpaired) electrons. The van der Waals surface area contributed by atoms with Gasteiger partial charge in [0.05, 0.1) is 22.8 Å². The molecular formula is C17H19N5O. The van der Waals surface area contributed by atoms with E-state index in [0.717, 1.165) is 16.9 Å². The van der Waals surface area contributed by atoms with Crippen LogP contribution >= 0.6 is 0 Å². The maximum absolute atomic E-state index is 12.3. The third-order valence-electron chi connectivity index (χ3n) is 3.75. The number of hydrogen-bond donors (Lipinski definition) is 1. The molecule has 3 rings (SSSR count). The predicted octanol–water partition coefficient (Wildman–Crippen LogP) is 2.43. The van der Waals surface area contributed by atoms with Gasteiger partial charge in [-0.1, -0.05) is 0 Å². The first-order chi connectivity index (χ1) is 11.0. The number of aryl methyl sites for hydroxylation is 2. The van der Waals surface area contributed by atoms with Crippen LogP contribution in [0.3, 0.4) is 0 Å². The van der Waals surface area contributed by atoms with Crippen molar-refractivity contribution < 1.29 is 4.79 Å². The van der Waals surface area contributed by atoms with Gasteiger partial charge in [0.25, 0.3) is 5.91 Å². The fraction of sp³-hybridized carbons (Fsp3) is 0.294. The largest absolute Gasteiger partial charge is 0.350 e. The molecule has 0 unspecified atom stereocenters. The molecule has 0 saturated heterocycles. The van der Waals surface area contributed by atoms with E-state index in [9.17, 15) is 4.79 Å². The summed E-state index contributed by atoms with van der Waals surface area (Å²) in [5.41, 5.74) is 4.14. The SMILES string of the molecule is Cc1cc(C)n([C@@H](C)CNC(=O)c2ccc3nccnc3c2)n1. The van der Waals surface area contributed by atoms with E-state index in [-0.39, 0.29) is 11.9 Å². The van der Waals surface area contributed by atoms with Crippen molar-refractivity contribution in [2.75, 3.05) is 6.54 Å². The van der Waals surface area contributed by atoms with Gasteiger partial charge in [-0.15, -0.1) is 0 Å². The van der Waals surface area contributed by atoms with Gasteiger partial charge in [-0.3, -0.25) is 19.4 Å². The van der Waals surface area contributed by atoms with E-state index in [4.69, 9.17) is 0 Å². The first-order valence-electron chi connectivity index (χ1n) is 7.56. The molecule has 0 bridgehead atoms. The van der Waals surface area contributed by atoms with Crippen molar-refractivity contribution in [3.05, 3.63) is 53.6 Å². The minimum Gasteiger partial charge on any atom is -0.350 e. The molecular weight excluding hydrogens is 290 g/mol. The fourth-order valence-electron chi connectivity index (χ4n) is 2.63. The van der Waals surface area contributed by atoms with Crippen LogP contribution in [0, 0.1) is 13.8 Å². The minimum atomic E-state index is -0.120. The smallest absolute Gasteiger partial charge is 0.251 e. The summed E-state index contributed by atoms with van der Waals surface area (Å²) in [5, 5.41) is 7.40. The average molecular weight is 309 g/mol. The Morgan fingerprint density at radius 1 is 1.17 bits per heavy atom. The summed E-state index contributed by atoms with van der Waals surface area (Å²) in [6.45, 7) is 6.52. The average Bonchev–Trinajstić information content (AvgIpc) is 2.90. The molecule has 0 aliphatic rings. The van der Waals surface area contributed by atoms with Crippen LogP contribution in [0.25, 0.3) is 11.0 Å². The van der Waals surface area contributed by atoms with Crippen LogP contribution in [-0.4, -0.2) is 32.2 Å². The van der Waals surface area contributed by atoms with Crippen molar-refractivity contribution >= 4 is 16.9 Å².